The molecule has 1 N–H and O–H groups in total. The summed E-state index contributed by atoms with van der Waals surface area (Å²) in [4.78, 5) is 12.4. The lowest BCUT2D eigenvalue weighted by molar-refractivity contribution is -0.115. The van der Waals surface area contributed by atoms with Gasteiger partial charge in [-0.15, -0.1) is 0 Å². The van der Waals surface area contributed by atoms with Crippen LogP contribution in [0.1, 0.15) is 29.7 Å². The maximum atomic E-state index is 12.4. The van der Waals surface area contributed by atoms with Gasteiger partial charge in [0.25, 0.3) is 0 Å². The Morgan fingerprint density at radius 2 is 2.00 bits per heavy atom. The minimum absolute atomic E-state index is 0.0405. The Morgan fingerprint density at radius 1 is 1.32 bits per heavy atom. The van der Waals surface area contributed by atoms with Gasteiger partial charge in [0.05, 0.1) is 6.61 Å². The zero-order valence-electron chi connectivity index (χ0n) is 13.1. The molecule has 22 heavy (non-hydrogen) atoms. The number of carbonyl (C=O) groups excluding carboxylic acids is 1. The largest absolute Gasteiger partial charge is 0.396 e. The van der Waals surface area contributed by atoms with Crippen LogP contribution in [0.15, 0.2) is 61.2 Å². The number of Topliss-reactive ketones (excluding diaryl/α,β-unsaturated/α-hetero) is 1. The Kier molecular flexibility index (Phi) is 8.56. The van der Waals surface area contributed by atoms with Crippen molar-refractivity contribution in [3.05, 3.63) is 72.4 Å². The summed E-state index contributed by atoms with van der Waals surface area (Å²) in [6.45, 7) is 9.53. The Balaban J connectivity index is 2.91. The van der Waals surface area contributed by atoms with E-state index in [2.05, 4.69) is 44.3 Å². The van der Waals surface area contributed by atoms with Crippen molar-refractivity contribution in [1.82, 2.24) is 0 Å². The average molecular weight is 316 g/mol. The first kappa shape index (κ1) is 18.5. The molecule has 0 saturated carbocycles. The van der Waals surface area contributed by atoms with Crippen LogP contribution in [0.4, 0.5) is 0 Å². The third-order valence-corrected chi connectivity index (χ3v) is 4.64. The van der Waals surface area contributed by atoms with Gasteiger partial charge >= 0.3 is 0 Å². The Morgan fingerprint density at radius 3 is 2.50 bits per heavy atom. The molecule has 0 radical (unpaired) electrons. The van der Waals surface area contributed by atoms with Crippen molar-refractivity contribution in [1.29, 1.82) is 0 Å². The minimum atomic E-state index is 0.0405. The molecule has 1 atom stereocenters. The number of hydrogen-bond acceptors (Lipinski definition) is 3. The van der Waals surface area contributed by atoms with Gasteiger partial charge in [-0.25, -0.2) is 0 Å². The van der Waals surface area contributed by atoms with E-state index in [1.54, 1.807) is 30.0 Å². The van der Waals surface area contributed by atoms with E-state index in [4.69, 9.17) is 5.11 Å². The van der Waals surface area contributed by atoms with Crippen molar-refractivity contribution in [2.75, 3.05) is 12.4 Å². The fraction of sp³-hybridized carbons (Fsp3) is 0.316. The molecule has 1 aromatic rings. The highest BCUT2D eigenvalue weighted by molar-refractivity contribution is 7.99. The molecular formula is C19H24O2S. The predicted octanol–water partition coefficient (Wildman–Crippen LogP) is 4.27. The van der Waals surface area contributed by atoms with Gasteiger partial charge in [-0.05, 0) is 17.5 Å². The SMILES string of the molecule is C=C/C=C(\C=C)C(=O)CC(SCCO)c1ccc(CC)cc1. The number of hydrogen-bond donors (Lipinski definition) is 1. The van der Waals surface area contributed by atoms with Crippen LogP contribution in [-0.2, 0) is 11.2 Å². The lowest BCUT2D eigenvalue weighted by Crippen LogP contribution is -2.08. The summed E-state index contributed by atoms with van der Waals surface area (Å²) < 4.78 is 0. The number of rotatable bonds is 10. The molecule has 1 rings (SSSR count). The third kappa shape index (κ3) is 5.66. The number of benzene rings is 1. The number of thioether (sulfide) groups is 1. The van der Waals surface area contributed by atoms with Gasteiger partial charge in [0, 0.05) is 23.0 Å². The number of carbonyl (C=O) groups is 1. The molecule has 0 fully saturated rings. The van der Waals surface area contributed by atoms with Gasteiger partial charge in [0.2, 0.25) is 0 Å². The van der Waals surface area contributed by atoms with Crippen molar-refractivity contribution >= 4 is 17.5 Å². The minimum Gasteiger partial charge on any atom is -0.396 e. The second kappa shape index (κ2) is 10.2. The summed E-state index contributed by atoms with van der Waals surface area (Å²) in [7, 11) is 0. The Labute approximate surface area is 137 Å². The van der Waals surface area contributed by atoms with E-state index in [9.17, 15) is 4.79 Å². The summed E-state index contributed by atoms with van der Waals surface area (Å²) in [5, 5.41) is 9.11. The van der Waals surface area contributed by atoms with E-state index in [-0.39, 0.29) is 17.6 Å². The molecule has 0 spiro atoms. The van der Waals surface area contributed by atoms with Crippen LogP contribution < -0.4 is 0 Å². The molecule has 0 heterocycles. The molecule has 2 nitrogen and oxygen atoms in total. The van der Waals surface area contributed by atoms with E-state index < -0.39 is 0 Å². The maximum Gasteiger partial charge on any atom is 0.164 e. The molecule has 1 aromatic carbocycles. The number of aliphatic hydroxyl groups is 1. The Bertz CT molecular complexity index is 529. The standard InChI is InChI=1S/C19H24O2S/c1-4-7-16(6-3)18(21)14-19(22-13-12-20)17-10-8-15(5-2)9-11-17/h4,6-11,19-20H,1,3,5,12-14H2,2H3/b16-7+. The first-order valence-electron chi connectivity index (χ1n) is 7.45. The lowest BCUT2D eigenvalue weighted by Gasteiger charge is -2.17. The van der Waals surface area contributed by atoms with Gasteiger partial charge in [-0.2, -0.15) is 11.8 Å². The second-order valence-electron chi connectivity index (χ2n) is 4.87. The van der Waals surface area contributed by atoms with E-state index in [0.717, 1.165) is 12.0 Å². The molecule has 0 bridgehead atoms. The summed E-state index contributed by atoms with van der Waals surface area (Å²) in [6.07, 6.45) is 6.24. The molecule has 0 amide bonds. The summed E-state index contributed by atoms with van der Waals surface area (Å²) in [5.74, 6) is 0.659. The molecule has 0 aliphatic carbocycles. The predicted molar refractivity (Wildman–Crippen MR) is 96.2 cm³/mol. The van der Waals surface area contributed by atoms with Gasteiger partial charge in [0.1, 0.15) is 0 Å². The van der Waals surface area contributed by atoms with Crippen LogP contribution in [0.3, 0.4) is 0 Å². The van der Waals surface area contributed by atoms with Crippen molar-refractivity contribution in [3.63, 3.8) is 0 Å². The lowest BCUT2D eigenvalue weighted by atomic mass is 10.0. The topological polar surface area (TPSA) is 37.3 Å². The van der Waals surface area contributed by atoms with Crippen LogP contribution in [0.2, 0.25) is 0 Å². The van der Waals surface area contributed by atoms with Crippen molar-refractivity contribution in [3.8, 4) is 0 Å². The van der Waals surface area contributed by atoms with Gasteiger partial charge in [0.15, 0.2) is 5.78 Å². The smallest absolute Gasteiger partial charge is 0.164 e. The first-order chi connectivity index (χ1) is 10.7. The van der Waals surface area contributed by atoms with Crippen LogP contribution in [0.5, 0.6) is 0 Å². The highest BCUT2D eigenvalue weighted by Gasteiger charge is 2.18. The van der Waals surface area contributed by atoms with Crippen LogP contribution in [0, 0.1) is 0 Å². The summed E-state index contributed by atoms with van der Waals surface area (Å²) in [5.41, 5.74) is 2.97. The molecular weight excluding hydrogens is 292 g/mol. The zero-order chi connectivity index (χ0) is 16.4. The highest BCUT2D eigenvalue weighted by Crippen LogP contribution is 2.33. The third-order valence-electron chi connectivity index (χ3n) is 3.38. The van der Waals surface area contributed by atoms with Crippen LogP contribution >= 0.6 is 11.8 Å². The van der Waals surface area contributed by atoms with Crippen molar-refractivity contribution in [2.45, 2.75) is 25.0 Å². The number of aliphatic hydroxyl groups excluding tert-OH is 1. The molecule has 0 saturated heterocycles. The normalized spacial score (nSPS) is 12.7. The Hall–Kier alpha value is -1.58. The number of allylic oxidation sites excluding steroid dienone is 4. The number of aryl methyl sites for hydroxylation is 1. The van der Waals surface area contributed by atoms with Crippen LogP contribution in [-0.4, -0.2) is 23.2 Å². The van der Waals surface area contributed by atoms with E-state index in [1.165, 1.54) is 5.56 Å². The molecule has 118 valence electrons. The fourth-order valence-electron chi connectivity index (χ4n) is 2.12. The van der Waals surface area contributed by atoms with E-state index in [0.29, 0.717) is 17.7 Å². The van der Waals surface area contributed by atoms with Crippen molar-refractivity contribution < 1.29 is 9.90 Å². The van der Waals surface area contributed by atoms with E-state index >= 15 is 0 Å². The van der Waals surface area contributed by atoms with Gasteiger partial charge < -0.3 is 5.11 Å². The quantitative estimate of drug-likeness (QED) is 0.517. The first-order valence-corrected chi connectivity index (χ1v) is 8.50. The molecule has 1 unspecified atom stereocenters. The average Bonchev–Trinajstić information content (AvgIpc) is 2.56. The monoisotopic (exact) mass is 316 g/mol. The maximum absolute atomic E-state index is 12.4. The second-order valence-corrected chi connectivity index (χ2v) is 6.18. The van der Waals surface area contributed by atoms with Gasteiger partial charge in [-0.1, -0.05) is 62.6 Å². The van der Waals surface area contributed by atoms with Crippen LogP contribution in [0.25, 0.3) is 0 Å². The molecule has 0 aliphatic heterocycles. The summed E-state index contributed by atoms with van der Waals surface area (Å²) in [6, 6.07) is 8.35. The zero-order valence-corrected chi connectivity index (χ0v) is 13.9. The molecule has 3 heteroatoms. The van der Waals surface area contributed by atoms with Crippen molar-refractivity contribution in [2.24, 2.45) is 0 Å². The highest BCUT2D eigenvalue weighted by atomic mass is 32.2. The van der Waals surface area contributed by atoms with Gasteiger partial charge in [-0.3, -0.25) is 4.79 Å². The number of ketones is 1. The molecule has 0 aromatic heterocycles. The molecule has 0 aliphatic rings. The van der Waals surface area contributed by atoms with E-state index in [1.807, 2.05) is 0 Å². The fourth-order valence-corrected chi connectivity index (χ4v) is 3.13. The summed E-state index contributed by atoms with van der Waals surface area (Å²) >= 11 is 1.60.